The number of amides is 1. The first kappa shape index (κ1) is 18.8. The Kier molecular flexibility index (Phi) is 6.01. The van der Waals surface area contributed by atoms with Gasteiger partial charge in [-0.15, -0.1) is 0 Å². The number of carbonyl (C=O) groups excluding carboxylic acids is 1. The van der Waals surface area contributed by atoms with Crippen molar-refractivity contribution < 1.29 is 24.2 Å². The van der Waals surface area contributed by atoms with Crippen molar-refractivity contribution in [2.75, 3.05) is 7.11 Å². The van der Waals surface area contributed by atoms with Gasteiger partial charge in [-0.2, -0.15) is 0 Å². The van der Waals surface area contributed by atoms with E-state index in [2.05, 4.69) is 5.32 Å². The maximum atomic E-state index is 11.8. The van der Waals surface area contributed by atoms with E-state index >= 15 is 0 Å². The molecule has 1 rings (SSSR count). The van der Waals surface area contributed by atoms with Crippen molar-refractivity contribution in [2.24, 2.45) is 0 Å². The largest absolute Gasteiger partial charge is 0.496 e. The fourth-order valence-corrected chi connectivity index (χ4v) is 2.37. The molecular formula is C17H25NO5. The third-order valence-electron chi connectivity index (χ3n) is 3.15. The Morgan fingerprint density at radius 2 is 1.74 bits per heavy atom. The van der Waals surface area contributed by atoms with E-state index in [1.165, 1.54) is 0 Å². The fourth-order valence-electron chi connectivity index (χ4n) is 2.37. The van der Waals surface area contributed by atoms with Gasteiger partial charge in [0.15, 0.2) is 0 Å². The molecule has 0 radical (unpaired) electrons. The van der Waals surface area contributed by atoms with Crippen molar-refractivity contribution in [3.63, 3.8) is 0 Å². The Hall–Kier alpha value is -2.24. The first-order valence-electron chi connectivity index (χ1n) is 7.40. The summed E-state index contributed by atoms with van der Waals surface area (Å²) in [7, 11) is 1.60. The molecule has 0 aliphatic rings. The quantitative estimate of drug-likeness (QED) is 0.870. The van der Waals surface area contributed by atoms with Gasteiger partial charge in [-0.3, -0.25) is 0 Å². The van der Waals surface area contributed by atoms with Gasteiger partial charge in [0.2, 0.25) is 0 Å². The second-order valence-electron chi connectivity index (χ2n) is 6.50. The number of alkyl carbamates (subject to hydrolysis) is 1. The Balaban J connectivity index is 2.89. The highest BCUT2D eigenvalue weighted by Gasteiger charge is 2.24. The molecular weight excluding hydrogens is 298 g/mol. The number of hydrogen-bond acceptors (Lipinski definition) is 4. The second-order valence-corrected chi connectivity index (χ2v) is 6.50. The van der Waals surface area contributed by atoms with Gasteiger partial charge in [-0.1, -0.05) is 12.1 Å². The minimum absolute atomic E-state index is 0.167. The zero-order chi connectivity index (χ0) is 17.8. The van der Waals surface area contributed by atoms with Crippen molar-refractivity contribution in [2.45, 2.75) is 52.7 Å². The monoisotopic (exact) mass is 323 g/mol. The van der Waals surface area contributed by atoms with Crippen LogP contribution in [0.5, 0.6) is 5.75 Å². The Bertz CT molecular complexity index is 566. The number of carbonyl (C=O) groups is 2. The van der Waals surface area contributed by atoms with E-state index in [4.69, 9.17) is 9.47 Å². The summed E-state index contributed by atoms with van der Waals surface area (Å²) in [4.78, 5) is 23.2. The molecule has 0 aromatic heterocycles. The van der Waals surface area contributed by atoms with Crippen LogP contribution < -0.4 is 10.1 Å². The summed E-state index contributed by atoms with van der Waals surface area (Å²) in [6.07, 6.45) is -0.577. The van der Waals surface area contributed by atoms with Crippen LogP contribution in [-0.2, 0) is 16.0 Å². The molecule has 1 amide bonds. The molecule has 0 fully saturated rings. The fraction of sp³-hybridized carbons (Fsp3) is 0.529. The van der Waals surface area contributed by atoms with Crippen LogP contribution in [-0.4, -0.2) is 35.9 Å². The number of hydrogen-bond donors (Lipinski definition) is 2. The van der Waals surface area contributed by atoms with Gasteiger partial charge in [-0.05, 0) is 51.3 Å². The lowest BCUT2D eigenvalue weighted by molar-refractivity contribution is -0.139. The van der Waals surface area contributed by atoms with Crippen LogP contribution >= 0.6 is 0 Å². The van der Waals surface area contributed by atoms with E-state index in [1.54, 1.807) is 27.9 Å². The molecule has 0 aliphatic heterocycles. The van der Waals surface area contributed by atoms with Crippen LogP contribution in [0.15, 0.2) is 12.1 Å². The van der Waals surface area contributed by atoms with Gasteiger partial charge < -0.3 is 19.9 Å². The maximum absolute atomic E-state index is 11.8. The summed E-state index contributed by atoms with van der Waals surface area (Å²) in [6.45, 7) is 8.95. The number of rotatable bonds is 5. The van der Waals surface area contributed by atoms with Gasteiger partial charge >= 0.3 is 12.1 Å². The number of carboxylic acid groups (broad SMARTS) is 1. The highest BCUT2D eigenvalue weighted by Crippen LogP contribution is 2.25. The van der Waals surface area contributed by atoms with Crippen LogP contribution in [0, 0.1) is 13.8 Å². The number of methoxy groups -OCH3 is 1. The summed E-state index contributed by atoms with van der Waals surface area (Å²) in [6, 6.07) is 2.66. The molecule has 23 heavy (non-hydrogen) atoms. The molecule has 0 saturated carbocycles. The smallest absolute Gasteiger partial charge is 0.408 e. The minimum Gasteiger partial charge on any atom is -0.496 e. The lowest BCUT2D eigenvalue weighted by Crippen LogP contribution is -2.44. The lowest BCUT2D eigenvalue weighted by atomic mass is 10.00. The summed E-state index contributed by atoms with van der Waals surface area (Å²) in [5.41, 5.74) is 1.97. The first-order valence-corrected chi connectivity index (χ1v) is 7.40. The summed E-state index contributed by atoms with van der Waals surface area (Å²) >= 11 is 0. The van der Waals surface area contributed by atoms with Gasteiger partial charge in [0.1, 0.15) is 17.4 Å². The SMILES string of the molecule is COc1c(C)cc(CC(NC(=O)OC(C)(C)C)C(=O)O)cc1C. The predicted molar refractivity (Wildman–Crippen MR) is 87.0 cm³/mol. The van der Waals surface area contributed by atoms with Gasteiger partial charge in [0, 0.05) is 6.42 Å². The number of carboxylic acids is 1. The molecule has 0 saturated heterocycles. The molecule has 1 aromatic carbocycles. The Morgan fingerprint density at radius 1 is 1.22 bits per heavy atom. The van der Waals surface area contributed by atoms with Gasteiger partial charge in [0.25, 0.3) is 0 Å². The average molecular weight is 323 g/mol. The molecule has 128 valence electrons. The van der Waals surface area contributed by atoms with Crippen molar-refractivity contribution in [3.05, 3.63) is 28.8 Å². The highest BCUT2D eigenvalue weighted by atomic mass is 16.6. The van der Waals surface area contributed by atoms with E-state index in [9.17, 15) is 14.7 Å². The average Bonchev–Trinajstić information content (AvgIpc) is 2.35. The summed E-state index contributed by atoms with van der Waals surface area (Å²) in [5.74, 6) is -0.331. The number of ether oxygens (including phenoxy) is 2. The first-order chi connectivity index (χ1) is 10.5. The topological polar surface area (TPSA) is 84.9 Å². The van der Waals surface area contributed by atoms with Crippen LogP contribution in [0.4, 0.5) is 4.79 Å². The van der Waals surface area contributed by atoms with Crippen molar-refractivity contribution >= 4 is 12.1 Å². The summed E-state index contributed by atoms with van der Waals surface area (Å²) in [5, 5.41) is 11.7. The molecule has 1 atom stereocenters. The van der Waals surface area contributed by atoms with Crippen LogP contribution in [0.2, 0.25) is 0 Å². The Morgan fingerprint density at radius 3 is 2.13 bits per heavy atom. The zero-order valence-electron chi connectivity index (χ0n) is 14.5. The molecule has 1 aromatic rings. The molecule has 1 unspecified atom stereocenters. The van der Waals surface area contributed by atoms with Crippen LogP contribution in [0.1, 0.15) is 37.5 Å². The predicted octanol–water partition coefficient (Wildman–Crippen LogP) is 2.83. The van der Waals surface area contributed by atoms with E-state index < -0.39 is 23.7 Å². The normalized spacial score (nSPS) is 12.4. The molecule has 2 N–H and O–H groups in total. The van der Waals surface area contributed by atoms with E-state index in [1.807, 2.05) is 26.0 Å². The minimum atomic E-state index is -1.11. The van der Waals surface area contributed by atoms with Crippen molar-refractivity contribution in [1.29, 1.82) is 0 Å². The molecule has 0 spiro atoms. The third kappa shape index (κ3) is 5.81. The van der Waals surface area contributed by atoms with Gasteiger partial charge in [-0.25, -0.2) is 9.59 Å². The highest BCUT2D eigenvalue weighted by molar-refractivity contribution is 5.80. The second kappa shape index (κ2) is 7.35. The zero-order valence-corrected chi connectivity index (χ0v) is 14.5. The number of aliphatic carboxylic acids is 1. The molecule has 0 heterocycles. The van der Waals surface area contributed by atoms with Crippen molar-refractivity contribution in [1.82, 2.24) is 5.32 Å². The number of benzene rings is 1. The number of nitrogens with one attached hydrogen (secondary N) is 1. The van der Waals surface area contributed by atoms with E-state index in [0.29, 0.717) is 0 Å². The molecule has 0 aliphatic carbocycles. The third-order valence-corrected chi connectivity index (χ3v) is 3.15. The van der Waals surface area contributed by atoms with E-state index in [-0.39, 0.29) is 6.42 Å². The lowest BCUT2D eigenvalue weighted by Gasteiger charge is -2.22. The summed E-state index contributed by atoms with van der Waals surface area (Å²) < 4.78 is 10.4. The molecule has 0 bridgehead atoms. The molecule has 6 heteroatoms. The Labute approximate surface area is 136 Å². The standard InChI is InChI=1S/C17H25NO5/c1-10-7-12(8-11(2)14(10)22-6)9-13(15(19)20)18-16(21)23-17(3,4)5/h7-8,13H,9H2,1-6H3,(H,18,21)(H,19,20). The van der Waals surface area contributed by atoms with Crippen molar-refractivity contribution in [3.8, 4) is 5.75 Å². The van der Waals surface area contributed by atoms with Crippen LogP contribution in [0.25, 0.3) is 0 Å². The van der Waals surface area contributed by atoms with E-state index in [0.717, 1.165) is 22.4 Å². The number of aryl methyl sites for hydroxylation is 2. The van der Waals surface area contributed by atoms with Gasteiger partial charge in [0.05, 0.1) is 7.11 Å². The van der Waals surface area contributed by atoms with Crippen LogP contribution in [0.3, 0.4) is 0 Å². The molecule has 6 nitrogen and oxygen atoms in total. The maximum Gasteiger partial charge on any atom is 0.408 e.